The SMILES string of the molecule is CCn1ccnc1CC(O)C1COc2ccccc21. The number of hydrogen-bond donors (Lipinski definition) is 1. The molecule has 0 amide bonds. The van der Waals surface area contributed by atoms with Gasteiger partial charge in [0, 0.05) is 36.8 Å². The lowest BCUT2D eigenvalue weighted by Crippen LogP contribution is -2.24. The summed E-state index contributed by atoms with van der Waals surface area (Å²) in [7, 11) is 0. The van der Waals surface area contributed by atoms with Crippen molar-refractivity contribution in [2.45, 2.75) is 31.9 Å². The first-order valence-electron chi connectivity index (χ1n) is 6.69. The van der Waals surface area contributed by atoms with E-state index in [0.29, 0.717) is 13.0 Å². The van der Waals surface area contributed by atoms with Crippen LogP contribution in [0.25, 0.3) is 0 Å². The van der Waals surface area contributed by atoms with Crippen LogP contribution in [-0.4, -0.2) is 27.4 Å². The Hall–Kier alpha value is -1.81. The third kappa shape index (κ3) is 2.24. The van der Waals surface area contributed by atoms with Gasteiger partial charge in [-0.05, 0) is 13.0 Å². The Morgan fingerprint density at radius 1 is 1.47 bits per heavy atom. The van der Waals surface area contributed by atoms with E-state index < -0.39 is 6.10 Å². The zero-order valence-electron chi connectivity index (χ0n) is 11.0. The molecule has 0 bridgehead atoms. The van der Waals surface area contributed by atoms with Gasteiger partial charge in [0.15, 0.2) is 0 Å². The fourth-order valence-electron chi connectivity index (χ4n) is 2.65. The molecule has 2 heterocycles. The maximum Gasteiger partial charge on any atom is 0.123 e. The summed E-state index contributed by atoms with van der Waals surface area (Å²) in [5.41, 5.74) is 1.10. The Morgan fingerprint density at radius 3 is 3.16 bits per heavy atom. The lowest BCUT2D eigenvalue weighted by Gasteiger charge is -2.17. The van der Waals surface area contributed by atoms with Gasteiger partial charge in [-0.15, -0.1) is 0 Å². The lowest BCUT2D eigenvalue weighted by molar-refractivity contribution is 0.126. The van der Waals surface area contributed by atoms with Crippen LogP contribution in [-0.2, 0) is 13.0 Å². The number of nitrogens with zero attached hydrogens (tertiary/aromatic N) is 2. The van der Waals surface area contributed by atoms with Crippen molar-refractivity contribution >= 4 is 0 Å². The van der Waals surface area contributed by atoms with E-state index in [1.54, 1.807) is 6.20 Å². The molecule has 1 aromatic heterocycles. The van der Waals surface area contributed by atoms with Crippen LogP contribution in [0.4, 0.5) is 0 Å². The predicted octanol–water partition coefficient (Wildman–Crippen LogP) is 1.98. The molecule has 1 aliphatic heterocycles. The highest BCUT2D eigenvalue weighted by Crippen LogP contribution is 2.36. The molecule has 1 aromatic carbocycles. The van der Waals surface area contributed by atoms with Crippen molar-refractivity contribution in [3.63, 3.8) is 0 Å². The number of para-hydroxylation sites is 1. The Balaban J connectivity index is 1.77. The normalized spacial score (nSPS) is 18.9. The maximum absolute atomic E-state index is 10.5. The minimum absolute atomic E-state index is 0.0400. The summed E-state index contributed by atoms with van der Waals surface area (Å²) in [5.74, 6) is 1.86. The molecule has 3 rings (SSSR count). The topological polar surface area (TPSA) is 47.3 Å². The van der Waals surface area contributed by atoms with Gasteiger partial charge in [0.2, 0.25) is 0 Å². The number of ether oxygens (including phenoxy) is 1. The van der Waals surface area contributed by atoms with Crippen molar-refractivity contribution in [3.05, 3.63) is 48.0 Å². The Morgan fingerprint density at radius 2 is 2.32 bits per heavy atom. The van der Waals surface area contributed by atoms with E-state index in [-0.39, 0.29) is 5.92 Å². The maximum atomic E-state index is 10.5. The van der Waals surface area contributed by atoms with Crippen LogP contribution in [0.15, 0.2) is 36.7 Å². The molecular weight excluding hydrogens is 240 g/mol. The second kappa shape index (κ2) is 5.05. The van der Waals surface area contributed by atoms with Gasteiger partial charge in [0.1, 0.15) is 11.6 Å². The second-order valence-corrected chi connectivity index (χ2v) is 4.86. The van der Waals surface area contributed by atoms with Gasteiger partial charge in [0.05, 0.1) is 12.7 Å². The van der Waals surface area contributed by atoms with Crippen molar-refractivity contribution < 1.29 is 9.84 Å². The molecule has 2 aromatic rings. The summed E-state index contributed by atoms with van der Waals surface area (Å²) >= 11 is 0. The monoisotopic (exact) mass is 258 g/mol. The molecule has 19 heavy (non-hydrogen) atoms. The van der Waals surface area contributed by atoms with Crippen molar-refractivity contribution in [1.82, 2.24) is 9.55 Å². The van der Waals surface area contributed by atoms with Crippen LogP contribution in [0.5, 0.6) is 5.75 Å². The molecule has 1 N–H and O–H groups in total. The van der Waals surface area contributed by atoms with Crippen LogP contribution >= 0.6 is 0 Å². The van der Waals surface area contributed by atoms with E-state index in [9.17, 15) is 5.11 Å². The van der Waals surface area contributed by atoms with Crippen LogP contribution in [0.1, 0.15) is 24.2 Å². The zero-order valence-corrected chi connectivity index (χ0v) is 11.0. The van der Waals surface area contributed by atoms with E-state index in [1.807, 2.05) is 30.5 Å². The number of benzene rings is 1. The molecule has 4 nitrogen and oxygen atoms in total. The van der Waals surface area contributed by atoms with Crippen molar-refractivity contribution in [2.24, 2.45) is 0 Å². The number of aliphatic hydroxyl groups excluding tert-OH is 1. The highest BCUT2D eigenvalue weighted by Gasteiger charge is 2.30. The number of rotatable bonds is 4. The average Bonchev–Trinajstić information content (AvgIpc) is 3.04. The van der Waals surface area contributed by atoms with E-state index in [4.69, 9.17) is 4.74 Å². The minimum atomic E-state index is -0.462. The van der Waals surface area contributed by atoms with Gasteiger partial charge in [-0.25, -0.2) is 4.98 Å². The highest BCUT2D eigenvalue weighted by molar-refractivity contribution is 5.40. The zero-order chi connectivity index (χ0) is 13.2. The third-order valence-electron chi connectivity index (χ3n) is 3.74. The van der Waals surface area contributed by atoms with E-state index in [1.165, 1.54) is 0 Å². The highest BCUT2D eigenvalue weighted by atomic mass is 16.5. The Labute approximate surface area is 112 Å². The van der Waals surface area contributed by atoms with Crippen molar-refractivity contribution in [2.75, 3.05) is 6.61 Å². The molecule has 2 unspecified atom stereocenters. The van der Waals surface area contributed by atoms with Gasteiger partial charge in [-0.3, -0.25) is 0 Å². The van der Waals surface area contributed by atoms with Gasteiger partial charge in [0.25, 0.3) is 0 Å². The van der Waals surface area contributed by atoms with E-state index in [0.717, 1.165) is 23.7 Å². The number of aryl methyl sites for hydroxylation is 1. The summed E-state index contributed by atoms with van der Waals surface area (Å²) in [6.45, 7) is 3.50. The van der Waals surface area contributed by atoms with Crippen LogP contribution < -0.4 is 4.74 Å². The van der Waals surface area contributed by atoms with Crippen LogP contribution in [0.2, 0.25) is 0 Å². The van der Waals surface area contributed by atoms with Gasteiger partial charge in [-0.1, -0.05) is 18.2 Å². The summed E-state index contributed by atoms with van der Waals surface area (Å²) in [6.07, 6.45) is 3.82. The molecule has 0 fully saturated rings. The average molecular weight is 258 g/mol. The molecule has 0 spiro atoms. The molecule has 0 aliphatic carbocycles. The molecule has 2 atom stereocenters. The van der Waals surface area contributed by atoms with Gasteiger partial charge in [-0.2, -0.15) is 0 Å². The van der Waals surface area contributed by atoms with E-state index >= 15 is 0 Å². The first-order valence-corrected chi connectivity index (χ1v) is 6.69. The standard InChI is InChI=1S/C15H18N2O2/c1-2-17-8-7-16-15(17)9-13(18)12-10-19-14-6-4-3-5-11(12)14/h3-8,12-13,18H,2,9-10H2,1H3. The van der Waals surface area contributed by atoms with E-state index in [2.05, 4.69) is 16.5 Å². The summed E-state index contributed by atoms with van der Waals surface area (Å²) in [6, 6.07) is 7.93. The Kier molecular flexibility index (Phi) is 3.25. The molecule has 0 radical (unpaired) electrons. The Bertz CT molecular complexity index is 565. The number of hydrogen-bond acceptors (Lipinski definition) is 3. The quantitative estimate of drug-likeness (QED) is 0.912. The number of aliphatic hydroxyl groups is 1. The van der Waals surface area contributed by atoms with Crippen LogP contribution in [0, 0.1) is 0 Å². The number of imidazole rings is 1. The molecule has 0 saturated heterocycles. The minimum Gasteiger partial charge on any atom is -0.493 e. The van der Waals surface area contributed by atoms with Gasteiger partial charge >= 0.3 is 0 Å². The lowest BCUT2D eigenvalue weighted by atomic mass is 9.93. The fraction of sp³-hybridized carbons (Fsp3) is 0.400. The van der Waals surface area contributed by atoms with Crippen molar-refractivity contribution in [3.8, 4) is 5.75 Å². The van der Waals surface area contributed by atoms with Crippen molar-refractivity contribution in [1.29, 1.82) is 0 Å². The van der Waals surface area contributed by atoms with Gasteiger partial charge < -0.3 is 14.4 Å². The largest absolute Gasteiger partial charge is 0.493 e. The first-order chi connectivity index (χ1) is 9.29. The smallest absolute Gasteiger partial charge is 0.123 e. The molecule has 100 valence electrons. The summed E-state index contributed by atoms with van der Waals surface area (Å²) < 4.78 is 7.68. The molecule has 4 heteroatoms. The third-order valence-corrected chi connectivity index (χ3v) is 3.74. The number of fused-ring (bicyclic) bond motifs is 1. The fourth-order valence-corrected chi connectivity index (χ4v) is 2.65. The molecular formula is C15H18N2O2. The predicted molar refractivity (Wildman–Crippen MR) is 72.3 cm³/mol. The summed E-state index contributed by atoms with van der Waals surface area (Å²) in [5, 5.41) is 10.5. The summed E-state index contributed by atoms with van der Waals surface area (Å²) in [4.78, 5) is 4.32. The molecule has 1 aliphatic rings. The van der Waals surface area contributed by atoms with Crippen LogP contribution in [0.3, 0.4) is 0 Å². The number of aromatic nitrogens is 2. The first kappa shape index (κ1) is 12.2. The molecule has 0 saturated carbocycles. The second-order valence-electron chi connectivity index (χ2n) is 4.86.